The molecule has 0 bridgehead atoms. The topological polar surface area (TPSA) is 94.9 Å². The fraction of sp³-hybridized carbons (Fsp3) is 0.333. The maximum Gasteiger partial charge on any atom is 0.292 e. The highest BCUT2D eigenvalue weighted by molar-refractivity contribution is 6.45. The normalized spacial score (nSPS) is 15.7. The summed E-state index contributed by atoms with van der Waals surface area (Å²) in [7, 11) is 1.52. The van der Waals surface area contributed by atoms with Crippen molar-refractivity contribution in [1.82, 2.24) is 19.9 Å². The number of amides is 1. The van der Waals surface area contributed by atoms with E-state index in [0.29, 0.717) is 41.6 Å². The average molecular weight is 444 g/mol. The Balaban J connectivity index is 1.78. The van der Waals surface area contributed by atoms with Crippen LogP contribution in [0.2, 0.25) is 10.0 Å². The first-order chi connectivity index (χ1) is 14.5. The van der Waals surface area contributed by atoms with Crippen LogP contribution < -0.4 is 4.74 Å². The molecule has 154 valence electrons. The number of methoxy groups -OCH3 is 1. The van der Waals surface area contributed by atoms with E-state index in [1.165, 1.54) is 19.5 Å². The fourth-order valence-corrected chi connectivity index (χ4v) is 4.46. The average Bonchev–Trinajstić information content (AvgIpc) is 3.16. The summed E-state index contributed by atoms with van der Waals surface area (Å²) in [5, 5.41) is 10.9. The maximum absolute atomic E-state index is 13.1. The van der Waals surface area contributed by atoms with E-state index in [2.05, 4.69) is 21.0 Å². The minimum absolute atomic E-state index is 0.122. The van der Waals surface area contributed by atoms with Gasteiger partial charge in [-0.2, -0.15) is 5.26 Å². The Morgan fingerprint density at radius 2 is 2.13 bits per heavy atom. The predicted molar refractivity (Wildman–Crippen MR) is 114 cm³/mol. The number of nitriles is 1. The summed E-state index contributed by atoms with van der Waals surface area (Å²) in [6, 6.07) is 3.77. The van der Waals surface area contributed by atoms with Crippen molar-refractivity contribution in [3.05, 3.63) is 51.2 Å². The first-order valence-corrected chi connectivity index (χ1v) is 10.3. The van der Waals surface area contributed by atoms with Gasteiger partial charge < -0.3 is 14.6 Å². The lowest BCUT2D eigenvalue weighted by Crippen LogP contribution is -2.39. The Morgan fingerprint density at radius 1 is 1.40 bits per heavy atom. The third-order valence-electron chi connectivity index (χ3n) is 5.48. The molecule has 1 aliphatic rings. The Bertz CT molecular complexity index is 1170. The summed E-state index contributed by atoms with van der Waals surface area (Å²) in [6.07, 6.45) is 4.52. The first-order valence-electron chi connectivity index (χ1n) is 9.51. The molecule has 1 N–H and O–H groups in total. The third kappa shape index (κ3) is 3.36. The lowest BCUT2D eigenvalue weighted by molar-refractivity contribution is 0.0665. The van der Waals surface area contributed by atoms with Gasteiger partial charge in [-0.25, -0.2) is 9.97 Å². The van der Waals surface area contributed by atoms with Crippen molar-refractivity contribution in [2.45, 2.75) is 32.2 Å². The summed E-state index contributed by atoms with van der Waals surface area (Å²) in [5.74, 6) is 0.367. The predicted octanol–water partition coefficient (Wildman–Crippen LogP) is 4.49. The SMILES string of the molecule is COc1cnc(C(=O)N2CCc3[nH]c4c(Cl)c(Cl)cc(CCC#N)c4c3[C@H]2C)nc1. The van der Waals surface area contributed by atoms with E-state index in [1.54, 1.807) is 4.90 Å². The number of aromatic amines is 1. The lowest BCUT2D eigenvalue weighted by atomic mass is 9.93. The number of hydrogen-bond donors (Lipinski definition) is 1. The molecule has 0 unspecified atom stereocenters. The zero-order chi connectivity index (χ0) is 21.4. The van der Waals surface area contributed by atoms with Gasteiger partial charge in [0.25, 0.3) is 5.91 Å². The maximum atomic E-state index is 13.1. The minimum atomic E-state index is -0.246. The van der Waals surface area contributed by atoms with E-state index in [4.69, 9.17) is 33.2 Å². The Hall–Kier alpha value is -2.82. The standard InChI is InChI=1S/C21H19Cl2N5O2/c1-11-16-15(5-7-28(11)21(29)20-25-9-13(30-2)10-26-20)27-19-17(16)12(4-3-6-24)8-14(22)18(19)23/h8-11,27H,3-5,7H2,1-2H3/t11-/m1/s1. The summed E-state index contributed by atoms with van der Waals surface area (Å²) in [5.41, 5.74) is 3.73. The second kappa shape index (κ2) is 8.13. The van der Waals surface area contributed by atoms with Gasteiger partial charge in [-0.15, -0.1) is 0 Å². The van der Waals surface area contributed by atoms with Crippen molar-refractivity contribution in [3.63, 3.8) is 0 Å². The van der Waals surface area contributed by atoms with Crippen molar-refractivity contribution in [3.8, 4) is 11.8 Å². The number of halogens is 2. The van der Waals surface area contributed by atoms with Crippen molar-refractivity contribution in [2.75, 3.05) is 13.7 Å². The molecule has 0 aliphatic carbocycles. The van der Waals surface area contributed by atoms with Crippen LogP contribution in [-0.2, 0) is 12.8 Å². The summed E-state index contributed by atoms with van der Waals surface area (Å²) < 4.78 is 5.07. The second-order valence-electron chi connectivity index (χ2n) is 7.13. The molecule has 0 saturated heterocycles. The number of carbonyl (C=O) groups is 1. The molecule has 3 heterocycles. The van der Waals surface area contributed by atoms with Crippen LogP contribution in [0, 0.1) is 11.3 Å². The highest BCUT2D eigenvalue weighted by Gasteiger charge is 2.33. The molecule has 0 spiro atoms. The molecule has 1 amide bonds. The molecule has 0 saturated carbocycles. The second-order valence-corrected chi connectivity index (χ2v) is 7.91. The number of H-pyrrole nitrogens is 1. The molecule has 9 heteroatoms. The molecule has 0 fully saturated rings. The largest absolute Gasteiger partial charge is 0.494 e. The Morgan fingerprint density at radius 3 is 2.80 bits per heavy atom. The number of hydrogen-bond acceptors (Lipinski definition) is 5. The molecular formula is C21H19Cl2N5O2. The number of fused-ring (bicyclic) bond motifs is 3. The van der Waals surface area contributed by atoms with Crippen LogP contribution in [-0.4, -0.2) is 39.4 Å². The number of ether oxygens (including phenoxy) is 1. The highest BCUT2D eigenvalue weighted by atomic mass is 35.5. The van der Waals surface area contributed by atoms with Gasteiger partial charge in [0.15, 0.2) is 5.75 Å². The van der Waals surface area contributed by atoms with Gasteiger partial charge in [0.1, 0.15) is 0 Å². The highest BCUT2D eigenvalue weighted by Crippen LogP contribution is 2.42. The van der Waals surface area contributed by atoms with Gasteiger partial charge in [-0.05, 0) is 25.0 Å². The third-order valence-corrected chi connectivity index (χ3v) is 6.27. The monoisotopic (exact) mass is 443 g/mol. The molecule has 0 radical (unpaired) electrons. The van der Waals surface area contributed by atoms with Crippen LogP contribution in [0.25, 0.3) is 10.9 Å². The van der Waals surface area contributed by atoms with Gasteiger partial charge >= 0.3 is 0 Å². The van der Waals surface area contributed by atoms with Gasteiger partial charge in [0.2, 0.25) is 5.82 Å². The van der Waals surface area contributed by atoms with E-state index in [1.807, 2.05) is 13.0 Å². The van der Waals surface area contributed by atoms with Crippen LogP contribution in [0.5, 0.6) is 5.75 Å². The molecular weight excluding hydrogens is 425 g/mol. The summed E-state index contributed by atoms with van der Waals surface area (Å²) in [4.78, 5) is 26.6. The smallest absolute Gasteiger partial charge is 0.292 e. The van der Waals surface area contributed by atoms with E-state index in [0.717, 1.165) is 27.7 Å². The van der Waals surface area contributed by atoms with E-state index < -0.39 is 0 Å². The quantitative estimate of drug-likeness (QED) is 0.640. The van der Waals surface area contributed by atoms with Gasteiger partial charge in [0, 0.05) is 36.0 Å². The number of aryl methyl sites for hydroxylation is 1. The molecule has 2 aromatic heterocycles. The summed E-state index contributed by atoms with van der Waals surface area (Å²) >= 11 is 12.8. The molecule has 30 heavy (non-hydrogen) atoms. The molecule has 1 aromatic carbocycles. The number of rotatable bonds is 4. The molecule has 7 nitrogen and oxygen atoms in total. The van der Waals surface area contributed by atoms with Crippen LogP contribution in [0.4, 0.5) is 0 Å². The number of nitrogens with one attached hydrogen (secondary N) is 1. The Kier molecular flexibility index (Phi) is 5.54. The first kappa shape index (κ1) is 20.5. The zero-order valence-electron chi connectivity index (χ0n) is 16.5. The molecule has 4 rings (SSSR count). The van der Waals surface area contributed by atoms with E-state index >= 15 is 0 Å². The zero-order valence-corrected chi connectivity index (χ0v) is 18.0. The van der Waals surface area contributed by atoms with Crippen molar-refractivity contribution in [1.29, 1.82) is 5.26 Å². The van der Waals surface area contributed by atoms with Crippen molar-refractivity contribution >= 4 is 40.0 Å². The summed E-state index contributed by atoms with van der Waals surface area (Å²) in [6.45, 7) is 2.50. The molecule has 1 atom stereocenters. The number of aromatic nitrogens is 3. The van der Waals surface area contributed by atoms with E-state index in [9.17, 15) is 4.79 Å². The van der Waals surface area contributed by atoms with Gasteiger partial charge in [-0.3, -0.25) is 4.79 Å². The molecule has 3 aromatic rings. The van der Waals surface area contributed by atoms with Crippen LogP contribution in [0.15, 0.2) is 18.5 Å². The van der Waals surface area contributed by atoms with Crippen LogP contribution in [0.1, 0.15) is 46.8 Å². The van der Waals surface area contributed by atoms with Crippen LogP contribution >= 0.6 is 23.2 Å². The molecule has 1 aliphatic heterocycles. The van der Waals surface area contributed by atoms with Gasteiger partial charge in [-0.1, -0.05) is 23.2 Å². The van der Waals surface area contributed by atoms with Gasteiger partial charge in [0.05, 0.1) is 47.2 Å². The van der Waals surface area contributed by atoms with Crippen LogP contribution in [0.3, 0.4) is 0 Å². The van der Waals surface area contributed by atoms with Crippen molar-refractivity contribution in [2.24, 2.45) is 0 Å². The lowest BCUT2D eigenvalue weighted by Gasteiger charge is -2.33. The number of benzene rings is 1. The van der Waals surface area contributed by atoms with Crippen molar-refractivity contribution < 1.29 is 9.53 Å². The van der Waals surface area contributed by atoms with E-state index in [-0.39, 0.29) is 17.8 Å². The minimum Gasteiger partial charge on any atom is -0.494 e. The number of carbonyl (C=O) groups excluding carboxylic acids is 1. The number of nitrogens with zero attached hydrogens (tertiary/aromatic N) is 4. The fourth-order valence-electron chi connectivity index (χ4n) is 4.04. The Labute approximate surface area is 183 Å².